The number of nitrogens with one attached hydrogen (secondary N) is 1. The van der Waals surface area contributed by atoms with Gasteiger partial charge < -0.3 is 14.7 Å². The van der Waals surface area contributed by atoms with Crippen molar-refractivity contribution in [2.45, 2.75) is 26.1 Å². The van der Waals surface area contributed by atoms with Gasteiger partial charge in [-0.25, -0.2) is 4.39 Å². The standard InChI is InChI=1S/C18H18F4N4O3/c1-9-7-26(8-13(9)18(20,21)22)17(28)10(2)23-15(27)14-24-16(29-25-14)11-4-3-5-12(19)6-11/h3-6,9-10,13H,7-8H2,1-2H3,(H,23,27). The lowest BCUT2D eigenvalue weighted by Crippen LogP contribution is -2.46. The number of benzene rings is 1. The van der Waals surface area contributed by atoms with Gasteiger partial charge in [-0.1, -0.05) is 18.1 Å². The summed E-state index contributed by atoms with van der Waals surface area (Å²) in [4.78, 5) is 29.6. The van der Waals surface area contributed by atoms with E-state index < -0.39 is 48.2 Å². The van der Waals surface area contributed by atoms with Crippen LogP contribution in [0.15, 0.2) is 28.8 Å². The van der Waals surface area contributed by atoms with Crippen molar-refractivity contribution in [3.8, 4) is 11.5 Å². The number of aromatic nitrogens is 2. The lowest BCUT2D eigenvalue weighted by Gasteiger charge is -2.21. The third kappa shape index (κ3) is 4.54. The van der Waals surface area contributed by atoms with E-state index in [0.717, 1.165) is 11.0 Å². The van der Waals surface area contributed by atoms with Crippen LogP contribution in [0.2, 0.25) is 0 Å². The maximum absolute atomic E-state index is 13.3. The Morgan fingerprint density at radius 3 is 2.66 bits per heavy atom. The summed E-state index contributed by atoms with van der Waals surface area (Å²) in [7, 11) is 0. The van der Waals surface area contributed by atoms with Crippen LogP contribution >= 0.6 is 0 Å². The van der Waals surface area contributed by atoms with Gasteiger partial charge in [0.05, 0.1) is 5.92 Å². The molecule has 1 aliphatic rings. The highest BCUT2D eigenvalue weighted by Crippen LogP contribution is 2.37. The SMILES string of the molecule is CC(NC(=O)c1noc(-c2cccc(F)c2)n1)C(=O)N1CC(C)C(C(F)(F)F)C1. The van der Waals surface area contributed by atoms with Gasteiger partial charge in [0.25, 0.3) is 17.6 Å². The van der Waals surface area contributed by atoms with Crippen LogP contribution in [0.3, 0.4) is 0 Å². The molecular weight excluding hydrogens is 396 g/mol. The topological polar surface area (TPSA) is 88.3 Å². The highest BCUT2D eigenvalue weighted by Gasteiger charge is 2.49. The van der Waals surface area contributed by atoms with Crippen molar-refractivity contribution >= 4 is 11.8 Å². The van der Waals surface area contributed by atoms with Gasteiger partial charge in [0.2, 0.25) is 5.91 Å². The Kier molecular flexibility index (Phi) is 5.58. The molecule has 1 aliphatic heterocycles. The van der Waals surface area contributed by atoms with Gasteiger partial charge in [-0.3, -0.25) is 9.59 Å². The molecule has 3 unspecified atom stereocenters. The zero-order valence-electron chi connectivity index (χ0n) is 15.5. The molecule has 0 spiro atoms. The highest BCUT2D eigenvalue weighted by atomic mass is 19.4. The van der Waals surface area contributed by atoms with Crippen molar-refractivity contribution in [1.82, 2.24) is 20.4 Å². The molecule has 29 heavy (non-hydrogen) atoms. The quantitative estimate of drug-likeness (QED) is 0.778. The molecule has 1 fully saturated rings. The average Bonchev–Trinajstić information content (AvgIpc) is 3.27. The van der Waals surface area contributed by atoms with Crippen molar-refractivity contribution in [3.63, 3.8) is 0 Å². The molecule has 2 heterocycles. The van der Waals surface area contributed by atoms with E-state index >= 15 is 0 Å². The Morgan fingerprint density at radius 1 is 1.31 bits per heavy atom. The molecule has 7 nitrogen and oxygen atoms in total. The van der Waals surface area contributed by atoms with Gasteiger partial charge in [0.15, 0.2) is 0 Å². The van der Waals surface area contributed by atoms with E-state index in [1.54, 1.807) is 0 Å². The number of hydrogen-bond acceptors (Lipinski definition) is 5. The van der Waals surface area contributed by atoms with Crippen LogP contribution in [-0.2, 0) is 4.79 Å². The number of carbonyl (C=O) groups excluding carboxylic acids is 2. The fourth-order valence-corrected chi connectivity index (χ4v) is 3.22. The fraction of sp³-hybridized carbons (Fsp3) is 0.444. The highest BCUT2D eigenvalue weighted by molar-refractivity contribution is 5.94. The minimum Gasteiger partial charge on any atom is -0.340 e. The van der Waals surface area contributed by atoms with E-state index in [0.29, 0.717) is 0 Å². The van der Waals surface area contributed by atoms with Gasteiger partial charge in [0, 0.05) is 18.7 Å². The molecule has 0 saturated carbocycles. The predicted molar refractivity (Wildman–Crippen MR) is 91.9 cm³/mol. The second-order valence-electron chi connectivity index (χ2n) is 7.00. The number of likely N-dealkylation sites (tertiary alicyclic amines) is 1. The van der Waals surface area contributed by atoms with Gasteiger partial charge in [-0.05, 0) is 31.0 Å². The summed E-state index contributed by atoms with van der Waals surface area (Å²) in [6, 6.07) is 4.23. The number of amides is 2. The minimum atomic E-state index is -4.39. The molecule has 1 N–H and O–H groups in total. The van der Waals surface area contributed by atoms with E-state index in [9.17, 15) is 27.2 Å². The first-order valence-corrected chi connectivity index (χ1v) is 8.82. The Morgan fingerprint density at radius 2 is 2.03 bits per heavy atom. The van der Waals surface area contributed by atoms with Gasteiger partial charge >= 0.3 is 6.18 Å². The van der Waals surface area contributed by atoms with Crippen molar-refractivity contribution in [3.05, 3.63) is 35.9 Å². The molecule has 0 radical (unpaired) electrons. The number of halogens is 4. The Hall–Kier alpha value is -2.98. The third-order valence-corrected chi connectivity index (χ3v) is 4.76. The monoisotopic (exact) mass is 414 g/mol. The van der Waals surface area contributed by atoms with Crippen LogP contribution in [0, 0.1) is 17.7 Å². The maximum atomic E-state index is 13.3. The number of hydrogen-bond donors (Lipinski definition) is 1. The summed E-state index contributed by atoms with van der Waals surface area (Å²) in [6.45, 7) is 2.30. The van der Waals surface area contributed by atoms with Gasteiger partial charge in [0.1, 0.15) is 11.9 Å². The van der Waals surface area contributed by atoms with E-state index in [1.807, 2.05) is 0 Å². The van der Waals surface area contributed by atoms with Crippen molar-refractivity contribution in [2.75, 3.05) is 13.1 Å². The second-order valence-corrected chi connectivity index (χ2v) is 7.00. The molecule has 2 aromatic rings. The number of rotatable bonds is 4. The summed E-state index contributed by atoms with van der Waals surface area (Å²) in [5, 5.41) is 5.84. The zero-order valence-corrected chi connectivity index (χ0v) is 15.5. The van der Waals surface area contributed by atoms with E-state index in [1.165, 1.54) is 32.0 Å². The lowest BCUT2D eigenvalue weighted by atomic mass is 9.98. The van der Waals surface area contributed by atoms with Crippen LogP contribution in [-0.4, -0.2) is 52.2 Å². The summed E-state index contributed by atoms with van der Waals surface area (Å²) in [5.74, 6) is -4.79. The third-order valence-electron chi connectivity index (χ3n) is 4.76. The lowest BCUT2D eigenvalue weighted by molar-refractivity contribution is -0.179. The molecule has 0 bridgehead atoms. The molecule has 3 atom stereocenters. The Bertz CT molecular complexity index is 915. The molecule has 0 aliphatic carbocycles. The van der Waals surface area contributed by atoms with Crippen molar-refractivity contribution < 1.29 is 31.7 Å². The summed E-state index contributed by atoms with van der Waals surface area (Å²) < 4.78 is 57.2. The van der Waals surface area contributed by atoms with Gasteiger partial charge in [-0.2, -0.15) is 18.2 Å². The van der Waals surface area contributed by atoms with Crippen molar-refractivity contribution in [2.24, 2.45) is 11.8 Å². The summed E-state index contributed by atoms with van der Waals surface area (Å²) in [5.41, 5.74) is 0.268. The van der Waals surface area contributed by atoms with Gasteiger partial charge in [-0.15, -0.1) is 0 Å². The molecule has 3 rings (SSSR count). The molecule has 1 aromatic heterocycles. The molecule has 1 aromatic carbocycles. The van der Waals surface area contributed by atoms with Crippen LogP contribution in [0.5, 0.6) is 0 Å². The van der Waals surface area contributed by atoms with E-state index in [-0.39, 0.29) is 23.8 Å². The van der Waals surface area contributed by atoms with E-state index in [2.05, 4.69) is 15.5 Å². The second kappa shape index (κ2) is 7.80. The Balaban J connectivity index is 1.63. The van der Waals surface area contributed by atoms with Crippen molar-refractivity contribution in [1.29, 1.82) is 0 Å². The molecule has 2 amide bonds. The number of carbonyl (C=O) groups is 2. The molecule has 156 valence electrons. The van der Waals surface area contributed by atoms with Crippen LogP contribution in [0.25, 0.3) is 11.5 Å². The molecule has 11 heteroatoms. The molecule has 1 saturated heterocycles. The maximum Gasteiger partial charge on any atom is 0.393 e. The van der Waals surface area contributed by atoms with Crippen LogP contribution < -0.4 is 5.32 Å². The smallest absolute Gasteiger partial charge is 0.340 e. The number of alkyl halides is 3. The number of nitrogens with zero attached hydrogens (tertiary/aromatic N) is 3. The first-order chi connectivity index (χ1) is 13.6. The fourth-order valence-electron chi connectivity index (χ4n) is 3.22. The zero-order chi connectivity index (χ0) is 21.3. The van der Waals surface area contributed by atoms with Crippen LogP contribution in [0.4, 0.5) is 17.6 Å². The first-order valence-electron chi connectivity index (χ1n) is 8.82. The largest absolute Gasteiger partial charge is 0.393 e. The molecular formula is C18H18F4N4O3. The first kappa shape index (κ1) is 20.7. The van der Waals surface area contributed by atoms with E-state index in [4.69, 9.17) is 4.52 Å². The minimum absolute atomic E-state index is 0.0465. The summed E-state index contributed by atoms with van der Waals surface area (Å²) in [6.07, 6.45) is -4.39. The average molecular weight is 414 g/mol. The normalized spacial score (nSPS) is 20.6. The Labute approximate surface area is 163 Å². The summed E-state index contributed by atoms with van der Waals surface area (Å²) >= 11 is 0. The van der Waals surface area contributed by atoms with Crippen LogP contribution in [0.1, 0.15) is 24.5 Å². The predicted octanol–water partition coefficient (Wildman–Crippen LogP) is 2.65.